The summed E-state index contributed by atoms with van der Waals surface area (Å²) in [7, 11) is 0. The maximum atomic E-state index is 12.5. The van der Waals surface area contributed by atoms with E-state index >= 15 is 0 Å². The van der Waals surface area contributed by atoms with Gasteiger partial charge in [-0.15, -0.1) is 0 Å². The summed E-state index contributed by atoms with van der Waals surface area (Å²) >= 11 is 0. The predicted octanol–water partition coefficient (Wildman–Crippen LogP) is 2.64. The van der Waals surface area contributed by atoms with Crippen molar-refractivity contribution in [2.45, 2.75) is 45.4 Å². The van der Waals surface area contributed by atoms with Gasteiger partial charge in [0.1, 0.15) is 0 Å². The Bertz CT molecular complexity index is 571. The van der Waals surface area contributed by atoms with Gasteiger partial charge in [-0.2, -0.15) is 0 Å². The molecule has 0 unspecified atom stereocenters. The van der Waals surface area contributed by atoms with E-state index in [9.17, 15) is 9.59 Å². The number of aryl methyl sites for hydroxylation is 1. The summed E-state index contributed by atoms with van der Waals surface area (Å²) in [5.74, 6) is 0.859. The van der Waals surface area contributed by atoms with Crippen molar-refractivity contribution in [2.75, 3.05) is 26.2 Å². The molecule has 0 aromatic carbocycles. The smallest absolute Gasteiger partial charge is 0.255 e. The summed E-state index contributed by atoms with van der Waals surface area (Å²) in [6, 6.07) is 3.68. The van der Waals surface area contributed by atoms with E-state index < -0.39 is 0 Å². The van der Waals surface area contributed by atoms with Crippen LogP contribution in [0.5, 0.6) is 0 Å². The van der Waals surface area contributed by atoms with Gasteiger partial charge < -0.3 is 9.80 Å². The third-order valence-corrected chi connectivity index (χ3v) is 5.27. The van der Waals surface area contributed by atoms with Crippen molar-refractivity contribution < 1.29 is 9.59 Å². The Morgan fingerprint density at radius 2 is 1.71 bits per heavy atom. The van der Waals surface area contributed by atoms with Crippen LogP contribution in [-0.2, 0) is 4.79 Å². The number of nitrogens with zero attached hydrogens (tertiary/aromatic N) is 3. The molecular formula is C19H27N3O2. The van der Waals surface area contributed by atoms with Gasteiger partial charge in [0.15, 0.2) is 0 Å². The molecule has 1 aliphatic carbocycles. The molecule has 1 aromatic heterocycles. The molecule has 24 heavy (non-hydrogen) atoms. The monoisotopic (exact) mass is 329 g/mol. The van der Waals surface area contributed by atoms with Crippen molar-refractivity contribution in [3.8, 4) is 0 Å². The second kappa shape index (κ2) is 7.77. The van der Waals surface area contributed by atoms with Crippen LogP contribution in [-0.4, -0.2) is 52.8 Å². The van der Waals surface area contributed by atoms with Crippen molar-refractivity contribution in [2.24, 2.45) is 5.92 Å². The standard InChI is InChI=1S/C19H27N3O2/c1-15-7-8-17(14-20-15)19(24)22-11-9-21(10-12-22)18(23)13-16-5-3-2-4-6-16/h7-8,14,16H,2-6,9-13H2,1H3. The number of carbonyl (C=O) groups excluding carboxylic acids is 2. The first-order valence-corrected chi connectivity index (χ1v) is 9.13. The highest BCUT2D eigenvalue weighted by Crippen LogP contribution is 2.27. The van der Waals surface area contributed by atoms with Crippen molar-refractivity contribution in [1.82, 2.24) is 14.8 Å². The quantitative estimate of drug-likeness (QED) is 0.856. The minimum atomic E-state index is 0.0156. The lowest BCUT2D eigenvalue weighted by Crippen LogP contribution is -2.50. The molecule has 0 radical (unpaired) electrons. The second-order valence-electron chi connectivity index (χ2n) is 7.07. The number of rotatable bonds is 3. The highest BCUT2D eigenvalue weighted by Gasteiger charge is 2.26. The molecule has 1 aliphatic heterocycles. The molecule has 1 saturated carbocycles. The first-order valence-electron chi connectivity index (χ1n) is 9.13. The fourth-order valence-electron chi connectivity index (χ4n) is 3.70. The van der Waals surface area contributed by atoms with Crippen LogP contribution in [0.4, 0.5) is 0 Å². The van der Waals surface area contributed by atoms with Crippen LogP contribution in [0, 0.1) is 12.8 Å². The fourth-order valence-corrected chi connectivity index (χ4v) is 3.70. The zero-order valence-electron chi connectivity index (χ0n) is 14.5. The summed E-state index contributed by atoms with van der Waals surface area (Å²) in [6.07, 6.45) is 8.58. The van der Waals surface area contributed by atoms with E-state index in [1.165, 1.54) is 32.1 Å². The third-order valence-electron chi connectivity index (χ3n) is 5.27. The maximum Gasteiger partial charge on any atom is 0.255 e. The van der Waals surface area contributed by atoms with Gasteiger partial charge in [-0.05, 0) is 37.8 Å². The second-order valence-corrected chi connectivity index (χ2v) is 7.07. The Balaban J connectivity index is 1.48. The minimum absolute atomic E-state index is 0.0156. The molecular weight excluding hydrogens is 302 g/mol. The molecule has 1 aromatic rings. The number of piperazine rings is 1. The summed E-state index contributed by atoms with van der Waals surface area (Å²) in [4.78, 5) is 32.9. The van der Waals surface area contributed by atoms with Gasteiger partial charge in [0.05, 0.1) is 5.56 Å². The van der Waals surface area contributed by atoms with Crippen LogP contribution in [0.15, 0.2) is 18.3 Å². The van der Waals surface area contributed by atoms with Crippen LogP contribution in [0.3, 0.4) is 0 Å². The van der Waals surface area contributed by atoms with Gasteiger partial charge in [0.2, 0.25) is 5.91 Å². The van der Waals surface area contributed by atoms with E-state index in [1.54, 1.807) is 6.20 Å². The number of hydrogen-bond acceptors (Lipinski definition) is 3. The summed E-state index contributed by atoms with van der Waals surface area (Å²) in [6.45, 7) is 4.43. The van der Waals surface area contributed by atoms with Crippen molar-refractivity contribution >= 4 is 11.8 Å². The van der Waals surface area contributed by atoms with Gasteiger partial charge in [0.25, 0.3) is 5.91 Å². The lowest BCUT2D eigenvalue weighted by molar-refractivity contribution is -0.133. The summed E-state index contributed by atoms with van der Waals surface area (Å²) < 4.78 is 0. The Hall–Kier alpha value is -1.91. The average Bonchev–Trinajstić information content (AvgIpc) is 2.63. The molecule has 0 N–H and O–H groups in total. The highest BCUT2D eigenvalue weighted by molar-refractivity contribution is 5.94. The minimum Gasteiger partial charge on any atom is -0.339 e. The number of aromatic nitrogens is 1. The Morgan fingerprint density at radius 3 is 2.33 bits per heavy atom. The molecule has 2 amide bonds. The molecule has 130 valence electrons. The van der Waals surface area contributed by atoms with Gasteiger partial charge in [-0.3, -0.25) is 14.6 Å². The molecule has 0 bridgehead atoms. The molecule has 2 aliphatic rings. The average molecular weight is 329 g/mol. The van der Waals surface area contributed by atoms with E-state index in [-0.39, 0.29) is 11.8 Å². The fraction of sp³-hybridized carbons (Fsp3) is 0.632. The molecule has 3 rings (SSSR count). The molecule has 2 fully saturated rings. The van der Waals surface area contributed by atoms with Crippen LogP contribution in [0.25, 0.3) is 0 Å². The number of pyridine rings is 1. The molecule has 5 heteroatoms. The number of hydrogen-bond donors (Lipinski definition) is 0. The van der Waals surface area contributed by atoms with E-state index in [0.29, 0.717) is 44.1 Å². The van der Waals surface area contributed by atoms with Crippen LogP contribution >= 0.6 is 0 Å². The zero-order valence-corrected chi connectivity index (χ0v) is 14.5. The largest absolute Gasteiger partial charge is 0.339 e. The Morgan fingerprint density at radius 1 is 1.04 bits per heavy atom. The Kier molecular flexibility index (Phi) is 5.48. The SMILES string of the molecule is Cc1ccc(C(=O)N2CCN(C(=O)CC3CCCCC3)CC2)cn1. The Labute approximate surface area is 144 Å². The van der Waals surface area contributed by atoms with Crippen LogP contribution in [0.2, 0.25) is 0 Å². The lowest BCUT2D eigenvalue weighted by Gasteiger charge is -2.35. The van der Waals surface area contributed by atoms with Crippen LogP contribution in [0.1, 0.15) is 54.6 Å². The van der Waals surface area contributed by atoms with Crippen molar-refractivity contribution in [3.63, 3.8) is 0 Å². The summed E-state index contributed by atoms with van der Waals surface area (Å²) in [5.41, 5.74) is 1.53. The topological polar surface area (TPSA) is 53.5 Å². The normalized spacial score (nSPS) is 19.4. The predicted molar refractivity (Wildman–Crippen MR) is 92.6 cm³/mol. The van der Waals surface area contributed by atoms with E-state index in [1.807, 2.05) is 28.9 Å². The van der Waals surface area contributed by atoms with E-state index in [4.69, 9.17) is 0 Å². The van der Waals surface area contributed by atoms with Gasteiger partial charge in [-0.25, -0.2) is 0 Å². The van der Waals surface area contributed by atoms with E-state index in [0.717, 1.165) is 5.69 Å². The first-order chi connectivity index (χ1) is 11.6. The van der Waals surface area contributed by atoms with Crippen molar-refractivity contribution in [3.05, 3.63) is 29.6 Å². The third kappa shape index (κ3) is 4.13. The maximum absolute atomic E-state index is 12.5. The van der Waals surface area contributed by atoms with Gasteiger partial charge >= 0.3 is 0 Å². The molecule has 2 heterocycles. The van der Waals surface area contributed by atoms with Crippen molar-refractivity contribution in [1.29, 1.82) is 0 Å². The van der Waals surface area contributed by atoms with Gasteiger partial charge in [-0.1, -0.05) is 19.3 Å². The number of carbonyl (C=O) groups is 2. The lowest BCUT2D eigenvalue weighted by atomic mass is 9.86. The first kappa shape index (κ1) is 16.9. The highest BCUT2D eigenvalue weighted by atomic mass is 16.2. The number of amides is 2. The molecule has 5 nitrogen and oxygen atoms in total. The molecule has 1 saturated heterocycles. The van der Waals surface area contributed by atoms with Gasteiger partial charge in [0, 0.05) is 44.5 Å². The van der Waals surface area contributed by atoms with E-state index in [2.05, 4.69) is 4.98 Å². The summed E-state index contributed by atoms with van der Waals surface area (Å²) in [5, 5.41) is 0. The zero-order chi connectivity index (χ0) is 16.9. The molecule has 0 atom stereocenters. The van der Waals surface area contributed by atoms with Crippen LogP contribution < -0.4 is 0 Å². The molecule has 0 spiro atoms.